The number of aliphatic hydroxyl groups excluding tert-OH is 1. The molecular weight excluding hydrogens is 316 g/mol. The molecule has 0 amide bonds. The van der Waals surface area contributed by atoms with Gasteiger partial charge >= 0.3 is 0 Å². The summed E-state index contributed by atoms with van der Waals surface area (Å²) in [5.74, 6) is 1.39. The van der Waals surface area contributed by atoms with E-state index in [-0.39, 0.29) is 6.61 Å². The summed E-state index contributed by atoms with van der Waals surface area (Å²) < 4.78 is 18.6. The molecular formula is C16H16FN3O2S. The van der Waals surface area contributed by atoms with Crippen molar-refractivity contribution in [2.24, 2.45) is 0 Å². The van der Waals surface area contributed by atoms with Crippen molar-refractivity contribution in [1.82, 2.24) is 9.97 Å². The van der Waals surface area contributed by atoms with Gasteiger partial charge in [-0.1, -0.05) is 0 Å². The Kier molecular flexibility index (Phi) is 4.68. The van der Waals surface area contributed by atoms with Crippen LogP contribution in [0.4, 0.5) is 10.2 Å². The topological polar surface area (TPSA) is 67.3 Å². The first-order chi connectivity index (χ1) is 11.2. The van der Waals surface area contributed by atoms with Crippen LogP contribution in [0.25, 0.3) is 20.8 Å². The summed E-state index contributed by atoms with van der Waals surface area (Å²) in [7, 11) is 1.82. The van der Waals surface area contributed by atoms with Crippen molar-refractivity contribution in [2.75, 3.05) is 25.6 Å². The van der Waals surface area contributed by atoms with Crippen LogP contribution in [-0.2, 0) is 0 Å². The van der Waals surface area contributed by atoms with Gasteiger partial charge in [0, 0.05) is 18.8 Å². The molecule has 0 aliphatic rings. The van der Waals surface area contributed by atoms with Crippen molar-refractivity contribution < 1.29 is 14.2 Å². The summed E-state index contributed by atoms with van der Waals surface area (Å²) >= 11 is 1.53. The SMILES string of the molecule is CNc1ccc(-c2nc3ccc(OC[C@H](O)C[18F])cc3s2)cn1. The summed E-state index contributed by atoms with van der Waals surface area (Å²) in [5, 5.41) is 13.1. The number of nitrogens with one attached hydrogen (secondary N) is 1. The predicted molar refractivity (Wildman–Crippen MR) is 89.9 cm³/mol. The molecule has 0 aliphatic heterocycles. The summed E-state index contributed by atoms with van der Waals surface area (Å²) in [4.78, 5) is 8.87. The lowest BCUT2D eigenvalue weighted by atomic mass is 10.3. The first-order valence-electron chi connectivity index (χ1n) is 7.11. The van der Waals surface area contributed by atoms with Crippen molar-refractivity contribution in [3.63, 3.8) is 0 Å². The molecule has 0 aliphatic carbocycles. The molecule has 2 aromatic heterocycles. The number of benzene rings is 1. The van der Waals surface area contributed by atoms with E-state index in [2.05, 4.69) is 15.3 Å². The molecule has 2 heterocycles. The molecule has 0 unspecified atom stereocenters. The Morgan fingerprint density at radius 3 is 2.91 bits per heavy atom. The molecule has 0 radical (unpaired) electrons. The third-order valence-corrected chi connectivity index (χ3v) is 4.31. The van der Waals surface area contributed by atoms with Crippen LogP contribution in [-0.4, -0.2) is 41.5 Å². The number of alkyl halides is 1. The van der Waals surface area contributed by atoms with Gasteiger partial charge in [-0.3, -0.25) is 0 Å². The number of thiazole rings is 1. The standard InChI is InChI=1S/C16H16FN3O2S/c1-18-15-5-2-10(8-19-15)16-20-13-4-3-12(6-14(13)23-16)22-9-11(21)7-17/h2-6,8,11,21H,7,9H2,1H3,(H,18,19)/t11-/m1/s1/i17-1. The normalized spacial score (nSPS) is 12.3. The number of aliphatic hydroxyl groups is 1. The second kappa shape index (κ2) is 6.89. The van der Waals surface area contributed by atoms with Crippen LogP contribution in [0.15, 0.2) is 36.5 Å². The first-order valence-corrected chi connectivity index (χ1v) is 7.93. The van der Waals surface area contributed by atoms with E-state index in [4.69, 9.17) is 4.74 Å². The van der Waals surface area contributed by atoms with Gasteiger partial charge in [-0.05, 0) is 30.3 Å². The van der Waals surface area contributed by atoms with E-state index in [9.17, 15) is 9.50 Å². The van der Waals surface area contributed by atoms with E-state index in [0.29, 0.717) is 5.75 Å². The van der Waals surface area contributed by atoms with Gasteiger partial charge < -0.3 is 15.2 Å². The Morgan fingerprint density at radius 1 is 1.35 bits per heavy atom. The molecule has 23 heavy (non-hydrogen) atoms. The average molecular weight is 332 g/mol. The number of pyridine rings is 1. The van der Waals surface area contributed by atoms with Gasteiger partial charge in [0.2, 0.25) is 0 Å². The Labute approximate surface area is 136 Å². The van der Waals surface area contributed by atoms with Crippen LogP contribution >= 0.6 is 11.3 Å². The maximum atomic E-state index is 12.2. The molecule has 3 rings (SSSR count). The van der Waals surface area contributed by atoms with Gasteiger partial charge in [-0.25, -0.2) is 14.4 Å². The number of nitrogens with zero attached hydrogens (tertiary/aromatic N) is 2. The fraction of sp³-hybridized carbons (Fsp3) is 0.250. The molecule has 120 valence electrons. The molecule has 1 atom stereocenters. The summed E-state index contributed by atoms with van der Waals surface area (Å²) in [6, 6.07) is 9.32. The zero-order chi connectivity index (χ0) is 16.2. The summed E-state index contributed by atoms with van der Waals surface area (Å²) in [6.45, 7) is -0.883. The largest absolute Gasteiger partial charge is 0.491 e. The number of anilines is 1. The van der Waals surface area contributed by atoms with E-state index in [0.717, 1.165) is 26.6 Å². The van der Waals surface area contributed by atoms with Gasteiger partial charge in [0.15, 0.2) is 0 Å². The second-order valence-corrected chi connectivity index (χ2v) is 5.98. The fourth-order valence-electron chi connectivity index (χ4n) is 2.02. The molecule has 0 bridgehead atoms. The van der Waals surface area contributed by atoms with Crippen LogP contribution < -0.4 is 10.1 Å². The minimum Gasteiger partial charge on any atom is -0.491 e. The van der Waals surface area contributed by atoms with Crippen LogP contribution in [0, 0.1) is 0 Å². The maximum Gasteiger partial charge on any atom is 0.126 e. The molecule has 0 saturated heterocycles. The third-order valence-electron chi connectivity index (χ3n) is 3.25. The van der Waals surface area contributed by atoms with Crippen LogP contribution in [0.1, 0.15) is 0 Å². The fourth-order valence-corrected chi connectivity index (χ4v) is 3.01. The lowest BCUT2D eigenvalue weighted by Gasteiger charge is -2.08. The van der Waals surface area contributed by atoms with E-state index >= 15 is 0 Å². The van der Waals surface area contributed by atoms with Crippen molar-refractivity contribution in [1.29, 1.82) is 0 Å². The number of hydrogen-bond acceptors (Lipinski definition) is 6. The smallest absolute Gasteiger partial charge is 0.126 e. The number of fused-ring (bicyclic) bond motifs is 1. The van der Waals surface area contributed by atoms with E-state index in [1.54, 1.807) is 12.3 Å². The number of halogens is 1. The predicted octanol–water partition coefficient (Wildman–Crippen LogP) is 3.11. The number of hydrogen-bond donors (Lipinski definition) is 2. The highest BCUT2D eigenvalue weighted by molar-refractivity contribution is 7.21. The van der Waals surface area contributed by atoms with E-state index < -0.39 is 12.8 Å². The average Bonchev–Trinajstić information content (AvgIpc) is 3.03. The van der Waals surface area contributed by atoms with Gasteiger partial charge in [0.05, 0.1) is 10.2 Å². The first kappa shape index (κ1) is 15.6. The second-order valence-electron chi connectivity index (χ2n) is 4.95. The molecule has 0 fully saturated rings. The molecule has 1 aromatic carbocycles. The highest BCUT2D eigenvalue weighted by Gasteiger charge is 2.09. The molecule has 0 spiro atoms. The van der Waals surface area contributed by atoms with Gasteiger partial charge in [-0.15, -0.1) is 11.3 Å². The Bertz CT molecular complexity index is 792. The highest BCUT2D eigenvalue weighted by atomic mass is 32.1. The quantitative estimate of drug-likeness (QED) is 0.726. The monoisotopic (exact) mass is 332 g/mol. The number of aromatic nitrogens is 2. The number of rotatable bonds is 6. The van der Waals surface area contributed by atoms with Crippen LogP contribution in [0.3, 0.4) is 0 Å². The van der Waals surface area contributed by atoms with Crippen molar-refractivity contribution >= 4 is 27.4 Å². The molecule has 5 nitrogen and oxygen atoms in total. The minimum absolute atomic E-state index is 0.0664. The van der Waals surface area contributed by atoms with Gasteiger partial charge in [0.1, 0.15) is 36.0 Å². The Morgan fingerprint density at radius 2 is 2.22 bits per heavy atom. The van der Waals surface area contributed by atoms with E-state index in [1.807, 2.05) is 31.3 Å². The lowest BCUT2D eigenvalue weighted by molar-refractivity contribution is 0.0842. The molecule has 2 N–H and O–H groups in total. The molecule has 0 saturated carbocycles. The lowest BCUT2D eigenvalue weighted by Crippen LogP contribution is -2.19. The zero-order valence-electron chi connectivity index (χ0n) is 12.5. The third kappa shape index (κ3) is 3.57. The maximum absolute atomic E-state index is 12.2. The summed E-state index contributed by atoms with van der Waals surface area (Å²) in [5.41, 5.74) is 1.81. The van der Waals surface area contributed by atoms with Crippen molar-refractivity contribution in [3.8, 4) is 16.3 Å². The van der Waals surface area contributed by atoms with Crippen molar-refractivity contribution in [3.05, 3.63) is 36.5 Å². The minimum atomic E-state index is -1.10. The Hall–Kier alpha value is -2.25. The zero-order valence-corrected chi connectivity index (χ0v) is 13.3. The van der Waals surface area contributed by atoms with Crippen LogP contribution in [0.2, 0.25) is 0 Å². The molecule has 3 aromatic rings. The van der Waals surface area contributed by atoms with Crippen LogP contribution in [0.5, 0.6) is 5.75 Å². The highest BCUT2D eigenvalue weighted by Crippen LogP contribution is 2.32. The molecule has 7 heteroatoms. The van der Waals surface area contributed by atoms with E-state index in [1.165, 1.54) is 11.3 Å². The summed E-state index contributed by atoms with van der Waals surface area (Å²) in [6.07, 6.45) is 0.679. The Balaban J connectivity index is 1.83. The van der Waals surface area contributed by atoms with Gasteiger partial charge in [0.25, 0.3) is 0 Å². The number of ether oxygens (including phenoxy) is 1. The van der Waals surface area contributed by atoms with Crippen molar-refractivity contribution in [2.45, 2.75) is 6.10 Å². The van der Waals surface area contributed by atoms with Gasteiger partial charge in [-0.2, -0.15) is 0 Å².